The normalized spacial score (nSPS) is 26.0. The monoisotopic (exact) mass is 295 g/mol. The molecule has 1 N–H and O–H groups in total. The smallest absolute Gasteiger partial charge is 0.153 e. The number of hydrogen-bond donors (Lipinski definition) is 1. The van der Waals surface area contributed by atoms with Gasteiger partial charge in [-0.3, -0.25) is 0 Å². The first kappa shape index (κ1) is 13.3. The molecule has 2 aromatic heterocycles. The second-order valence-corrected chi connectivity index (χ2v) is 4.95. The maximum Gasteiger partial charge on any atom is 0.153 e. The molecule has 104 valence electrons. The van der Waals surface area contributed by atoms with Crippen LogP contribution < -0.4 is 0 Å². The second kappa shape index (κ2) is 5.02. The van der Waals surface area contributed by atoms with Crippen LogP contribution in [0.4, 0.5) is 4.39 Å². The summed E-state index contributed by atoms with van der Waals surface area (Å²) in [7, 11) is 0. The number of ether oxygens (including phenoxy) is 1. The zero-order valence-electron chi connectivity index (χ0n) is 10.3. The molecule has 0 amide bonds. The van der Waals surface area contributed by atoms with Crippen LogP contribution in [0.15, 0.2) is 12.5 Å². The Morgan fingerprint density at radius 2 is 2.40 bits per heavy atom. The van der Waals surface area contributed by atoms with Crippen molar-refractivity contribution >= 4 is 22.6 Å². The maximum atomic E-state index is 14.0. The maximum absolute atomic E-state index is 14.0. The molecule has 1 saturated heterocycles. The lowest BCUT2D eigenvalue weighted by Gasteiger charge is -2.17. The molecule has 0 radical (unpaired) electrons. The summed E-state index contributed by atoms with van der Waals surface area (Å²) in [6, 6.07) is 0. The summed E-state index contributed by atoms with van der Waals surface area (Å²) in [6.07, 6.45) is 7.56. The molecule has 5 nitrogen and oxygen atoms in total. The van der Waals surface area contributed by atoms with Crippen molar-refractivity contribution in [2.24, 2.45) is 5.92 Å². The third kappa shape index (κ3) is 1.95. The zero-order valence-corrected chi connectivity index (χ0v) is 11.1. The van der Waals surface area contributed by atoms with Crippen molar-refractivity contribution in [1.29, 1.82) is 0 Å². The van der Waals surface area contributed by atoms with Crippen molar-refractivity contribution < 1.29 is 14.2 Å². The topological polar surface area (TPSA) is 60.2 Å². The van der Waals surface area contributed by atoms with Gasteiger partial charge in [0.15, 0.2) is 5.82 Å². The molecular formula is C13H11ClFN3O2. The van der Waals surface area contributed by atoms with Crippen molar-refractivity contribution in [2.75, 3.05) is 6.61 Å². The van der Waals surface area contributed by atoms with Crippen LogP contribution in [-0.2, 0) is 4.74 Å². The lowest BCUT2D eigenvalue weighted by atomic mass is 10.0. The number of fused-ring (bicyclic) bond motifs is 1. The predicted molar refractivity (Wildman–Crippen MR) is 70.4 cm³/mol. The van der Waals surface area contributed by atoms with Crippen molar-refractivity contribution in [3.63, 3.8) is 0 Å². The summed E-state index contributed by atoms with van der Waals surface area (Å²) >= 11 is 5.88. The number of aliphatic hydroxyl groups excluding tert-OH is 1. The molecule has 2 aromatic rings. The minimum Gasteiger partial charge on any atom is -0.394 e. The molecule has 0 aliphatic carbocycles. The highest BCUT2D eigenvalue weighted by Crippen LogP contribution is 2.37. The van der Waals surface area contributed by atoms with E-state index in [0.29, 0.717) is 12.1 Å². The van der Waals surface area contributed by atoms with E-state index in [1.807, 2.05) is 0 Å². The number of halogens is 2. The van der Waals surface area contributed by atoms with Crippen LogP contribution >= 0.6 is 11.6 Å². The Balaban J connectivity index is 2.11. The molecule has 3 atom stereocenters. The van der Waals surface area contributed by atoms with Gasteiger partial charge in [0.2, 0.25) is 0 Å². The molecule has 3 heterocycles. The third-order valence-electron chi connectivity index (χ3n) is 3.40. The quantitative estimate of drug-likeness (QED) is 0.677. The number of rotatable bonds is 2. The Morgan fingerprint density at radius 1 is 1.60 bits per heavy atom. The fourth-order valence-corrected chi connectivity index (χ4v) is 2.69. The number of terminal acetylenes is 1. The lowest BCUT2D eigenvalue weighted by molar-refractivity contribution is -0.0262. The Labute approximate surface area is 119 Å². The van der Waals surface area contributed by atoms with E-state index in [-0.39, 0.29) is 29.2 Å². The third-order valence-corrected chi connectivity index (χ3v) is 3.69. The van der Waals surface area contributed by atoms with E-state index in [9.17, 15) is 9.50 Å². The van der Waals surface area contributed by atoms with Gasteiger partial charge in [0.05, 0.1) is 24.0 Å². The van der Waals surface area contributed by atoms with Crippen molar-refractivity contribution in [3.05, 3.63) is 23.5 Å². The van der Waals surface area contributed by atoms with E-state index in [1.165, 1.54) is 17.1 Å². The number of aliphatic hydroxyl groups is 1. The van der Waals surface area contributed by atoms with Crippen LogP contribution in [0.1, 0.15) is 12.6 Å². The lowest BCUT2D eigenvalue weighted by Crippen LogP contribution is -2.15. The standard InChI is InChI=1S/C13H11ClFN3O2/c1-2-7-3-8(5-19)20-13(7)18-4-9(15)10-11(14)16-6-17-12(10)18/h1,4,6-8,13,19H,3,5H2/t7-,8-,13+/m0/s1. The van der Waals surface area contributed by atoms with Gasteiger partial charge in [-0.2, -0.15) is 0 Å². The van der Waals surface area contributed by atoms with Crippen LogP contribution in [0.3, 0.4) is 0 Å². The van der Waals surface area contributed by atoms with Gasteiger partial charge in [-0.05, 0) is 6.42 Å². The summed E-state index contributed by atoms with van der Waals surface area (Å²) in [6.45, 7) is -0.133. The molecular weight excluding hydrogens is 285 g/mol. The van der Waals surface area contributed by atoms with Gasteiger partial charge in [-0.1, -0.05) is 17.5 Å². The largest absolute Gasteiger partial charge is 0.394 e. The van der Waals surface area contributed by atoms with Crippen LogP contribution in [0.5, 0.6) is 0 Å². The first-order valence-electron chi connectivity index (χ1n) is 6.04. The van der Waals surface area contributed by atoms with Crippen LogP contribution in [0.2, 0.25) is 5.15 Å². The van der Waals surface area contributed by atoms with E-state index in [1.54, 1.807) is 0 Å². The highest BCUT2D eigenvalue weighted by molar-refractivity contribution is 6.33. The van der Waals surface area contributed by atoms with Gasteiger partial charge in [-0.25, -0.2) is 14.4 Å². The van der Waals surface area contributed by atoms with Crippen LogP contribution in [0.25, 0.3) is 11.0 Å². The summed E-state index contributed by atoms with van der Waals surface area (Å²) in [5.74, 6) is 1.81. The molecule has 0 spiro atoms. The average Bonchev–Trinajstić information content (AvgIpc) is 3.00. The molecule has 20 heavy (non-hydrogen) atoms. The van der Waals surface area contributed by atoms with E-state index < -0.39 is 12.0 Å². The van der Waals surface area contributed by atoms with Crippen LogP contribution in [-0.4, -0.2) is 32.4 Å². The molecule has 1 fully saturated rings. The molecule has 0 aromatic carbocycles. The molecule has 3 rings (SSSR count). The highest BCUT2D eigenvalue weighted by Gasteiger charge is 2.36. The van der Waals surface area contributed by atoms with Gasteiger partial charge >= 0.3 is 0 Å². The molecule has 1 aliphatic rings. The Hall–Kier alpha value is -1.68. The predicted octanol–water partition coefficient (Wildman–Crippen LogP) is 1.75. The highest BCUT2D eigenvalue weighted by atomic mass is 35.5. The Morgan fingerprint density at radius 3 is 3.10 bits per heavy atom. The van der Waals surface area contributed by atoms with Gasteiger partial charge in [0, 0.05) is 6.20 Å². The SMILES string of the molecule is C#C[C@H]1C[C@@H](CO)O[C@H]1n1cc(F)c2c(Cl)ncnc21. The average molecular weight is 296 g/mol. The minimum absolute atomic E-state index is 0.0419. The Kier molecular flexibility index (Phi) is 3.34. The van der Waals surface area contributed by atoms with Gasteiger partial charge in [-0.15, -0.1) is 6.42 Å². The van der Waals surface area contributed by atoms with E-state index in [2.05, 4.69) is 15.9 Å². The molecule has 7 heteroatoms. The van der Waals surface area contributed by atoms with E-state index in [0.717, 1.165) is 0 Å². The summed E-state index contributed by atoms with van der Waals surface area (Å²) in [5.41, 5.74) is 0.325. The van der Waals surface area contributed by atoms with Crippen molar-refractivity contribution in [1.82, 2.24) is 14.5 Å². The van der Waals surface area contributed by atoms with E-state index >= 15 is 0 Å². The molecule has 0 bridgehead atoms. The summed E-state index contributed by atoms with van der Waals surface area (Å²) in [5, 5.41) is 9.36. The fraction of sp³-hybridized carbons (Fsp3) is 0.385. The Bertz CT molecular complexity index is 697. The van der Waals surface area contributed by atoms with Crippen LogP contribution in [0, 0.1) is 24.1 Å². The number of aromatic nitrogens is 3. The number of nitrogens with zero attached hydrogens (tertiary/aromatic N) is 3. The summed E-state index contributed by atoms with van der Waals surface area (Å²) in [4.78, 5) is 7.80. The van der Waals surface area contributed by atoms with Crippen molar-refractivity contribution in [3.8, 4) is 12.3 Å². The molecule has 0 saturated carbocycles. The van der Waals surface area contributed by atoms with Gasteiger partial charge in [0.1, 0.15) is 23.4 Å². The molecule has 1 aliphatic heterocycles. The van der Waals surface area contributed by atoms with Gasteiger partial charge < -0.3 is 14.4 Å². The first-order valence-corrected chi connectivity index (χ1v) is 6.42. The van der Waals surface area contributed by atoms with E-state index in [4.69, 9.17) is 22.8 Å². The molecule has 0 unspecified atom stereocenters. The van der Waals surface area contributed by atoms with Crippen molar-refractivity contribution in [2.45, 2.75) is 18.8 Å². The summed E-state index contributed by atoms with van der Waals surface area (Å²) < 4.78 is 21.2. The first-order chi connectivity index (χ1) is 9.65. The number of hydrogen-bond acceptors (Lipinski definition) is 4. The fourth-order valence-electron chi connectivity index (χ4n) is 2.47. The van der Waals surface area contributed by atoms with Gasteiger partial charge in [0.25, 0.3) is 0 Å². The second-order valence-electron chi connectivity index (χ2n) is 4.59. The minimum atomic E-state index is -0.574. The zero-order chi connectivity index (χ0) is 14.3.